The molecule has 0 spiro atoms. The molecule has 0 saturated carbocycles. The van der Waals surface area contributed by atoms with Crippen molar-refractivity contribution in [2.45, 2.75) is 84.3 Å². The van der Waals surface area contributed by atoms with Crippen molar-refractivity contribution in [3.8, 4) is 0 Å². The summed E-state index contributed by atoms with van der Waals surface area (Å²) in [6, 6.07) is 8.48. The summed E-state index contributed by atoms with van der Waals surface area (Å²) in [5.41, 5.74) is 6.37. The van der Waals surface area contributed by atoms with Crippen LogP contribution in [0.2, 0.25) is 0 Å². The van der Waals surface area contributed by atoms with E-state index < -0.39 is 13.2 Å². The molecular weight excluding hydrogens is 393 g/mol. The number of amides is 1. The third-order valence-corrected chi connectivity index (χ3v) is 7.15. The minimum absolute atomic E-state index is 0.0758. The monoisotopic (exact) mass is 433 g/mol. The second-order valence-corrected chi connectivity index (χ2v) is 10.6. The number of benzene rings is 1. The van der Waals surface area contributed by atoms with Gasteiger partial charge in [0.05, 0.1) is 17.8 Å². The van der Waals surface area contributed by atoms with Crippen molar-refractivity contribution in [2.75, 3.05) is 20.3 Å². The van der Waals surface area contributed by atoms with E-state index >= 15 is 0 Å². The van der Waals surface area contributed by atoms with Crippen LogP contribution >= 0.6 is 0 Å². The van der Waals surface area contributed by atoms with Crippen LogP contribution in [0.4, 0.5) is 4.79 Å². The fraction of sp³-hybridized carbons (Fsp3) is 0.708. The van der Waals surface area contributed by atoms with Crippen LogP contribution in [-0.2, 0) is 24.2 Å². The van der Waals surface area contributed by atoms with Crippen LogP contribution < -0.4 is 11.2 Å². The lowest BCUT2D eigenvalue weighted by atomic mass is 9.58. The van der Waals surface area contributed by atoms with Crippen LogP contribution in [-0.4, -0.2) is 44.7 Å². The van der Waals surface area contributed by atoms with Gasteiger partial charge in [0.1, 0.15) is 0 Å². The van der Waals surface area contributed by atoms with Gasteiger partial charge in [0.15, 0.2) is 0 Å². The van der Waals surface area contributed by atoms with E-state index in [1.54, 1.807) is 7.11 Å². The van der Waals surface area contributed by atoms with Gasteiger partial charge in [0.25, 0.3) is 0 Å². The predicted molar refractivity (Wildman–Crippen MR) is 125 cm³/mol. The fourth-order valence-electron chi connectivity index (χ4n) is 4.38. The van der Waals surface area contributed by atoms with Gasteiger partial charge >= 0.3 is 13.2 Å². The maximum Gasteiger partial charge on any atom is 0.494 e. The molecule has 1 atom stereocenters. The van der Waals surface area contributed by atoms with Crippen LogP contribution in [0.15, 0.2) is 24.3 Å². The maximum atomic E-state index is 11.2. The highest BCUT2D eigenvalue weighted by molar-refractivity contribution is 6.62. The number of ether oxygens (including phenoxy) is 2. The number of carbonyl (C=O) groups excluding carboxylic acids is 1. The molecule has 1 aromatic rings. The Kier molecular flexibility index (Phi) is 7.88. The zero-order valence-corrected chi connectivity index (χ0v) is 20.5. The van der Waals surface area contributed by atoms with E-state index in [1.165, 1.54) is 5.56 Å². The van der Waals surface area contributed by atoms with Crippen LogP contribution in [0.1, 0.15) is 73.3 Å². The van der Waals surface area contributed by atoms with Gasteiger partial charge in [-0.2, -0.15) is 0 Å². The van der Waals surface area contributed by atoms with Gasteiger partial charge in [-0.05, 0) is 63.4 Å². The van der Waals surface area contributed by atoms with E-state index in [0.717, 1.165) is 18.3 Å². The van der Waals surface area contributed by atoms with Gasteiger partial charge in [-0.1, -0.05) is 45.0 Å². The Bertz CT molecular complexity index is 725. The van der Waals surface area contributed by atoms with Crippen molar-refractivity contribution < 1.29 is 23.6 Å². The van der Waals surface area contributed by atoms with Crippen molar-refractivity contribution in [2.24, 2.45) is 11.1 Å². The van der Waals surface area contributed by atoms with Gasteiger partial charge in [0.2, 0.25) is 0 Å². The van der Waals surface area contributed by atoms with Crippen molar-refractivity contribution >= 4 is 18.7 Å². The quantitative estimate of drug-likeness (QED) is 0.467. The summed E-state index contributed by atoms with van der Waals surface area (Å²) >= 11 is 0. The van der Waals surface area contributed by atoms with E-state index in [2.05, 4.69) is 72.7 Å². The molecule has 1 fully saturated rings. The van der Waals surface area contributed by atoms with Crippen molar-refractivity contribution in [1.29, 1.82) is 0 Å². The molecule has 6 nitrogen and oxygen atoms in total. The first-order valence-corrected chi connectivity index (χ1v) is 11.1. The molecule has 0 aliphatic carbocycles. The fourth-order valence-corrected chi connectivity index (χ4v) is 4.38. The van der Waals surface area contributed by atoms with Crippen molar-refractivity contribution in [1.82, 2.24) is 0 Å². The SMILES string of the molecule is COCCCC(CCOC(N)=O)(c1ccc(B2OC(C)(C)C(C)(C)O2)cc1)C(C)(C)C. The van der Waals surface area contributed by atoms with Crippen LogP contribution in [0, 0.1) is 5.41 Å². The smallest absolute Gasteiger partial charge is 0.450 e. The van der Waals surface area contributed by atoms with Gasteiger partial charge in [-0.25, -0.2) is 4.79 Å². The van der Waals surface area contributed by atoms with Crippen LogP contribution in [0.25, 0.3) is 0 Å². The lowest BCUT2D eigenvalue weighted by molar-refractivity contribution is 0.00578. The normalized spacial score (nSPS) is 19.8. The number of nitrogens with two attached hydrogens (primary N) is 1. The molecule has 1 aromatic carbocycles. The summed E-state index contributed by atoms with van der Waals surface area (Å²) in [5, 5.41) is 0. The molecule has 2 rings (SSSR count). The molecule has 1 saturated heterocycles. The Hall–Kier alpha value is -1.57. The first-order chi connectivity index (χ1) is 14.3. The van der Waals surface area contributed by atoms with Crippen LogP contribution in [0.5, 0.6) is 0 Å². The Morgan fingerprint density at radius 2 is 1.55 bits per heavy atom. The molecule has 1 aliphatic rings. The molecular formula is C24H40BNO5. The summed E-state index contributed by atoms with van der Waals surface area (Å²) < 4.78 is 22.9. The summed E-state index contributed by atoms with van der Waals surface area (Å²) in [7, 11) is 1.32. The molecule has 1 heterocycles. The first kappa shape index (κ1) is 25.7. The van der Waals surface area contributed by atoms with E-state index in [9.17, 15) is 4.79 Å². The van der Waals surface area contributed by atoms with Crippen molar-refractivity contribution in [3.05, 3.63) is 29.8 Å². The van der Waals surface area contributed by atoms with Gasteiger partial charge in [-0.15, -0.1) is 0 Å². The largest absolute Gasteiger partial charge is 0.494 e. The second-order valence-electron chi connectivity index (χ2n) is 10.6. The summed E-state index contributed by atoms with van der Waals surface area (Å²) in [4.78, 5) is 11.2. The second kappa shape index (κ2) is 9.51. The highest BCUT2D eigenvalue weighted by Gasteiger charge is 2.52. The molecule has 174 valence electrons. The first-order valence-electron chi connectivity index (χ1n) is 11.1. The summed E-state index contributed by atoms with van der Waals surface area (Å²) in [6.07, 6.45) is 1.75. The number of rotatable bonds is 9. The van der Waals surface area contributed by atoms with Crippen molar-refractivity contribution in [3.63, 3.8) is 0 Å². The Morgan fingerprint density at radius 3 is 2.00 bits per heavy atom. The lowest BCUT2D eigenvalue weighted by Crippen LogP contribution is -2.42. The van der Waals surface area contributed by atoms with Gasteiger partial charge in [0, 0.05) is 19.1 Å². The minimum atomic E-state index is -0.740. The zero-order valence-electron chi connectivity index (χ0n) is 20.5. The highest BCUT2D eigenvalue weighted by atomic mass is 16.7. The summed E-state index contributed by atoms with van der Waals surface area (Å²) in [5.74, 6) is 0. The van der Waals surface area contributed by atoms with Gasteiger partial charge < -0.3 is 24.5 Å². The molecule has 1 unspecified atom stereocenters. The van der Waals surface area contributed by atoms with E-state index in [0.29, 0.717) is 13.0 Å². The Balaban J connectivity index is 2.35. The molecule has 7 heteroatoms. The topological polar surface area (TPSA) is 80.0 Å². The van der Waals surface area contributed by atoms with Crippen LogP contribution in [0.3, 0.4) is 0 Å². The van der Waals surface area contributed by atoms with Gasteiger partial charge in [-0.3, -0.25) is 0 Å². The number of hydrogen-bond donors (Lipinski definition) is 1. The number of primary amides is 1. The third-order valence-electron chi connectivity index (χ3n) is 7.15. The third kappa shape index (κ3) is 5.63. The molecule has 1 aliphatic heterocycles. The van der Waals surface area contributed by atoms with E-state index in [-0.39, 0.29) is 28.6 Å². The molecule has 0 radical (unpaired) electrons. The minimum Gasteiger partial charge on any atom is -0.450 e. The Labute approximate surface area is 188 Å². The molecule has 31 heavy (non-hydrogen) atoms. The molecule has 1 amide bonds. The molecule has 0 aromatic heterocycles. The lowest BCUT2D eigenvalue weighted by Gasteiger charge is -2.46. The standard InChI is InChI=1S/C24H40BNO5/c1-21(2,3)24(14-9-16-28-8,15-17-29-20(26)27)18-10-12-19(13-11-18)25-30-22(4,5)23(6,7)31-25/h10-13H,9,14-17H2,1-8H3,(H2,26,27). The molecule has 2 N–H and O–H groups in total. The average Bonchev–Trinajstić information content (AvgIpc) is 2.87. The number of carbonyl (C=O) groups is 1. The number of methoxy groups -OCH3 is 1. The number of hydrogen-bond acceptors (Lipinski definition) is 5. The Morgan fingerprint density at radius 1 is 1.00 bits per heavy atom. The molecule has 0 bridgehead atoms. The maximum absolute atomic E-state index is 11.2. The van der Waals surface area contributed by atoms with E-state index in [1.807, 2.05) is 0 Å². The predicted octanol–water partition coefficient (Wildman–Crippen LogP) is 4.18. The highest BCUT2D eigenvalue weighted by Crippen LogP contribution is 2.48. The zero-order chi connectivity index (χ0) is 23.5. The average molecular weight is 433 g/mol. The van der Waals surface area contributed by atoms with E-state index in [4.69, 9.17) is 24.5 Å². The summed E-state index contributed by atoms with van der Waals surface area (Å²) in [6.45, 7) is 15.9.